The minimum absolute atomic E-state index is 0.506. The zero-order valence-electron chi connectivity index (χ0n) is 10.8. The van der Waals surface area contributed by atoms with Crippen LogP contribution in [0.2, 0.25) is 0 Å². The predicted octanol–water partition coefficient (Wildman–Crippen LogP) is 2.53. The first-order valence-electron chi connectivity index (χ1n) is 6.48. The molecule has 1 N–H and O–H groups in total. The Morgan fingerprint density at radius 1 is 1.44 bits per heavy atom. The van der Waals surface area contributed by atoms with Gasteiger partial charge in [0.1, 0.15) is 0 Å². The molecule has 0 aromatic carbocycles. The van der Waals surface area contributed by atoms with Crippen molar-refractivity contribution in [2.75, 3.05) is 24.7 Å². The summed E-state index contributed by atoms with van der Waals surface area (Å²) in [6, 6.07) is 1.31. The highest BCUT2D eigenvalue weighted by Crippen LogP contribution is 2.34. The molecule has 0 aliphatic carbocycles. The van der Waals surface area contributed by atoms with Crippen LogP contribution in [-0.2, 0) is 4.74 Å². The minimum atomic E-state index is 0.506. The van der Waals surface area contributed by atoms with Crippen LogP contribution in [0.4, 0.5) is 0 Å². The minimum Gasteiger partial charge on any atom is -0.381 e. The van der Waals surface area contributed by atoms with Crippen molar-refractivity contribution >= 4 is 11.8 Å². The molecule has 2 heterocycles. The van der Waals surface area contributed by atoms with Crippen molar-refractivity contribution in [1.29, 1.82) is 0 Å². The SMILES string of the molecule is CC(NC1CSCC(C)(C)C1)C1CCOC1. The Balaban J connectivity index is 1.79. The first-order valence-corrected chi connectivity index (χ1v) is 7.64. The molecule has 0 bridgehead atoms. The van der Waals surface area contributed by atoms with Gasteiger partial charge in [0.2, 0.25) is 0 Å². The fourth-order valence-electron chi connectivity index (χ4n) is 2.82. The largest absolute Gasteiger partial charge is 0.381 e. The molecule has 2 rings (SSSR count). The first kappa shape index (κ1) is 12.7. The summed E-state index contributed by atoms with van der Waals surface area (Å²) in [5, 5.41) is 3.82. The van der Waals surface area contributed by atoms with Gasteiger partial charge >= 0.3 is 0 Å². The van der Waals surface area contributed by atoms with E-state index in [1.165, 1.54) is 24.3 Å². The fraction of sp³-hybridized carbons (Fsp3) is 1.00. The van der Waals surface area contributed by atoms with E-state index in [4.69, 9.17) is 4.74 Å². The Labute approximate surface area is 104 Å². The quantitative estimate of drug-likeness (QED) is 0.823. The van der Waals surface area contributed by atoms with E-state index in [1.807, 2.05) is 0 Å². The van der Waals surface area contributed by atoms with E-state index in [1.54, 1.807) is 0 Å². The molecule has 3 heteroatoms. The van der Waals surface area contributed by atoms with Crippen molar-refractivity contribution in [2.24, 2.45) is 11.3 Å². The lowest BCUT2D eigenvalue weighted by Gasteiger charge is -2.37. The molecule has 0 radical (unpaired) electrons. The zero-order valence-corrected chi connectivity index (χ0v) is 11.6. The van der Waals surface area contributed by atoms with E-state index < -0.39 is 0 Å². The molecule has 0 aromatic rings. The smallest absolute Gasteiger partial charge is 0.0509 e. The Hall–Kier alpha value is 0.270. The molecule has 2 aliphatic rings. The highest BCUT2D eigenvalue weighted by Gasteiger charge is 2.31. The van der Waals surface area contributed by atoms with E-state index in [2.05, 4.69) is 37.8 Å². The molecule has 0 aromatic heterocycles. The van der Waals surface area contributed by atoms with Gasteiger partial charge in [0, 0.05) is 24.4 Å². The Kier molecular flexibility index (Phi) is 4.20. The highest BCUT2D eigenvalue weighted by molar-refractivity contribution is 7.99. The lowest BCUT2D eigenvalue weighted by atomic mass is 9.87. The molecule has 2 nitrogen and oxygen atoms in total. The maximum absolute atomic E-state index is 5.46. The predicted molar refractivity (Wildman–Crippen MR) is 71.0 cm³/mol. The van der Waals surface area contributed by atoms with E-state index >= 15 is 0 Å². The van der Waals surface area contributed by atoms with Crippen LogP contribution < -0.4 is 5.32 Å². The number of thioether (sulfide) groups is 1. The van der Waals surface area contributed by atoms with Crippen molar-refractivity contribution in [3.63, 3.8) is 0 Å². The van der Waals surface area contributed by atoms with Crippen LogP contribution in [0, 0.1) is 11.3 Å². The summed E-state index contributed by atoms with van der Waals surface area (Å²) in [4.78, 5) is 0. The molecule has 3 atom stereocenters. The van der Waals surface area contributed by atoms with Crippen LogP contribution in [0.3, 0.4) is 0 Å². The molecular weight excluding hydrogens is 218 g/mol. The van der Waals surface area contributed by atoms with Crippen LogP contribution in [0.5, 0.6) is 0 Å². The molecule has 0 saturated carbocycles. The lowest BCUT2D eigenvalue weighted by molar-refractivity contribution is 0.175. The normalized spacial score (nSPS) is 36.2. The Morgan fingerprint density at radius 3 is 2.88 bits per heavy atom. The summed E-state index contributed by atoms with van der Waals surface area (Å²) in [6.45, 7) is 9.01. The number of hydrogen-bond donors (Lipinski definition) is 1. The molecule has 0 amide bonds. The average Bonchev–Trinajstić information content (AvgIpc) is 2.68. The summed E-state index contributed by atoms with van der Waals surface area (Å²) < 4.78 is 5.46. The third kappa shape index (κ3) is 3.38. The van der Waals surface area contributed by atoms with Gasteiger partial charge in [0.15, 0.2) is 0 Å². The van der Waals surface area contributed by atoms with Gasteiger partial charge in [-0.25, -0.2) is 0 Å². The lowest BCUT2D eigenvalue weighted by Crippen LogP contribution is -2.46. The maximum atomic E-state index is 5.46. The Morgan fingerprint density at radius 2 is 2.25 bits per heavy atom. The molecule has 2 aliphatic heterocycles. The zero-order chi connectivity index (χ0) is 11.6. The average molecular weight is 243 g/mol. The van der Waals surface area contributed by atoms with E-state index in [9.17, 15) is 0 Å². The van der Waals surface area contributed by atoms with E-state index in [-0.39, 0.29) is 0 Å². The summed E-state index contributed by atoms with van der Waals surface area (Å²) >= 11 is 2.10. The van der Waals surface area contributed by atoms with Crippen LogP contribution in [-0.4, -0.2) is 36.8 Å². The molecular formula is C13H25NOS. The maximum Gasteiger partial charge on any atom is 0.0509 e. The van der Waals surface area contributed by atoms with Crippen LogP contribution in [0.15, 0.2) is 0 Å². The number of rotatable bonds is 3. The second-order valence-corrected chi connectivity index (χ2v) is 7.19. The van der Waals surface area contributed by atoms with E-state index in [0.717, 1.165) is 19.1 Å². The summed E-state index contributed by atoms with van der Waals surface area (Å²) in [5.41, 5.74) is 0.506. The van der Waals surface area contributed by atoms with Gasteiger partial charge < -0.3 is 10.1 Å². The van der Waals surface area contributed by atoms with Gasteiger partial charge in [-0.3, -0.25) is 0 Å². The van der Waals surface area contributed by atoms with Gasteiger partial charge in [-0.05, 0) is 36.9 Å². The monoisotopic (exact) mass is 243 g/mol. The second-order valence-electron chi connectivity index (χ2n) is 6.16. The molecule has 2 fully saturated rings. The van der Waals surface area contributed by atoms with Gasteiger partial charge in [0.05, 0.1) is 6.61 Å². The fourth-order valence-corrected chi connectivity index (χ4v) is 4.11. The number of hydrogen-bond acceptors (Lipinski definition) is 3. The molecule has 0 spiro atoms. The van der Waals surface area contributed by atoms with Crippen LogP contribution in [0.1, 0.15) is 33.6 Å². The summed E-state index contributed by atoms with van der Waals surface area (Å²) in [5.74, 6) is 3.32. The van der Waals surface area contributed by atoms with Crippen LogP contribution >= 0.6 is 11.8 Å². The third-order valence-corrected chi connectivity index (χ3v) is 5.41. The molecule has 16 heavy (non-hydrogen) atoms. The van der Waals surface area contributed by atoms with Gasteiger partial charge in [0.25, 0.3) is 0 Å². The standard InChI is InChI=1S/C13H25NOS/c1-10(11-4-5-15-7-11)14-12-6-13(2,3)9-16-8-12/h10-12,14H,4-9H2,1-3H3. The molecule has 3 unspecified atom stereocenters. The molecule has 94 valence electrons. The van der Waals surface area contributed by atoms with Crippen molar-refractivity contribution in [3.05, 3.63) is 0 Å². The topological polar surface area (TPSA) is 21.3 Å². The van der Waals surface area contributed by atoms with Crippen molar-refractivity contribution in [3.8, 4) is 0 Å². The summed E-state index contributed by atoms with van der Waals surface area (Å²) in [7, 11) is 0. The molecule has 2 saturated heterocycles. The highest BCUT2D eigenvalue weighted by atomic mass is 32.2. The number of ether oxygens (including phenoxy) is 1. The van der Waals surface area contributed by atoms with Gasteiger partial charge in [-0.15, -0.1) is 0 Å². The van der Waals surface area contributed by atoms with Gasteiger partial charge in [-0.1, -0.05) is 13.8 Å². The van der Waals surface area contributed by atoms with Crippen LogP contribution in [0.25, 0.3) is 0 Å². The van der Waals surface area contributed by atoms with Crippen molar-refractivity contribution in [1.82, 2.24) is 5.32 Å². The third-order valence-electron chi connectivity index (χ3n) is 3.78. The van der Waals surface area contributed by atoms with Crippen molar-refractivity contribution < 1.29 is 4.74 Å². The number of nitrogens with one attached hydrogen (secondary N) is 1. The summed E-state index contributed by atoms with van der Waals surface area (Å²) in [6.07, 6.45) is 2.55. The first-order chi connectivity index (χ1) is 7.57. The van der Waals surface area contributed by atoms with E-state index in [0.29, 0.717) is 17.5 Å². The van der Waals surface area contributed by atoms with Crippen molar-refractivity contribution in [2.45, 2.75) is 45.7 Å². The Bertz CT molecular complexity index is 226. The second kappa shape index (κ2) is 5.28. The van der Waals surface area contributed by atoms with Gasteiger partial charge in [-0.2, -0.15) is 11.8 Å².